The van der Waals surface area contributed by atoms with E-state index in [1.165, 1.54) is 33.8 Å². The zero-order valence-electron chi connectivity index (χ0n) is 13.5. The van der Waals surface area contributed by atoms with Gasteiger partial charge in [0.15, 0.2) is 11.2 Å². The predicted molar refractivity (Wildman–Crippen MR) is 99.6 cm³/mol. The van der Waals surface area contributed by atoms with Crippen LogP contribution < -0.4 is 11.1 Å². The third kappa shape index (κ3) is 3.29. The standard InChI is InChI=1S/C14H16N4O5S3/c1-24-2-5-3-25-12-7(11(21)18(12)8(5)13(22)23)17-10(20)9(19)6-4-26-14(15)16-6/h4,7,9,12,19H,2-3H2,1H3,(H2,15,16)(H,17,20)(H,22,23)/t7?,9?,12-/m1/s1. The second-order valence-electron chi connectivity index (χ2n) is 5.60. The molecule has 1 saturated heterocycles. The number of hydrogen-bond donors (Lipinski definition) is 4. The Morgan fingerprint density at radius 3 is 2.88 bits per heavy atom. The van der Waals surface area contributed by atoms with Crippen molar-refractivity contribution >= 4 is 57.8 Å². The van der Waals surface area contributed by atoms with Gasteiger partial charge in [0, 0.05) is 16.9 Å². The quantitative estimate of drug-likeness (QED) is 0.465. The van der Waals surface area contributed by atoms with E-state index in [0.29, 0.717) is 17.1 Å². The van der Waals surface area contributed by atoms with Crippen molar-refractivity contribution < 1.29 is 24.6 Å². The Balaban J connectivity index is 1.72. The second kappa shape index (κ2) is 7.47. The summed E-state index contributed by atoms with van der Waals surface area (Å²) in [6.07, 6.45) is 0.317. The van der Waals surface area contributed by atoms with Crippen molar-refractivity contribution in [2.75, 3.05) is 23.5 Å². The molecule has 0 spiro atoms. The van der Waals surface area contributed by atoms with Gasteiger partial charge in [-0.2, -0.15) is 11.8 Å². The van der Waals surface area contributed by atoms with Crippen LogP contribution in [0, 0.1) is 0 Å². The predicted octanol–water partition coefficient (Wildman–Crippen LogP) is -0.140. The zero-order valence-corrected chi connectivity index (χ0v) is 16.0. The number of aliphatic hydroxyl groups is 1. The van der Waals surface area contributed by atoms with Gasteiger partial charge < -0.3 is 21.3 Å². The first-order valence-corrected chi connectivity index (χ1v) is 10.8. The lowest BCUT2D eigenvalue weighted by Crippen LogP contribution is -2.70. The molecule has 9 nitrogen and oxygen atoms in total. The first-order valence-electron chi connectivity index (χ1n) is 7.43. The van der Waals surface area contributed by atoms with Crippen LogP contribution in [0.5, 0.6) is 0 Å². The van der Waals surface area contributed by atoms with E-state index in [2.05, 4.69) is 10.3 Å². The maximum atomic E-state index is 12.4. The minimum Gasteiger partial charge on any atom is -0.477 e. The van der Waals surface area contributed by atoms with Gasteiger partial charge in [0.1, 0.15) is 17.1 Å². The summed E-state index contributed by atoms with van der Waals surface area (Å²) in [5.41, 5.74) is 6.27. The summed E-state index contributed by atoms with van der Waals surface area (Å²) in [4.78, 5) is 41.3. The summed E-state index contributed by atoms with van der Waals surface area (Å²) in [7, 11) is 0. The topological polar surface area (TPSA) is 146 Å². The molecule has 2 aliphatic heterocycles. The van der Waals surface area contributed by atoms with Gasteiger partial charge in [-0.3, -0.25) is 14.5 Å². The first-order chi connectivity index (χ1) is 12.3. The lowest BCUT2D eigenvalue weighted by atomic mass is 10.0. The van der Waals surface area contributed by atoms with Crippen molar-refractivity contribution in [2.24, 2.45) is 0 Å². The lowest BCUT2D eigenvalue weighted by Gasteiger charge is -2.49. The fourth-order valence-electron chi connectivity index (χ4n) is 2.76. The number of thioether (sulfide) groups is 2. The molecular formula is C14H16N4O5S3. The van der Waals surface area contributed by atoms with E-state index in [9.17, 15) is 24.6 Å². The maximum absolute atomic E-state index is 12.4. The van der Waals surface area contributed by atoms with E-state index in [1.807, 2.05) is 6.26 Å². The summed E-state index contributed by atoms with van der Waals surface area (Å²) >= 11 is 3.96. The number of nitrogens with two attached hydrogens (primary N) is 1. The number of carbonyl (C=O) groups excluding carboxylic acids is 2. The number of thiazole rings is 1. The SMILES string of the molecule is CSCC1=C(C(=O)O)N2C(=O)C(NC(=O)C(O)c3csc(N)n3)[C@H]2SC1. The molecule has 26 heavy (non-hydrogen) atoms. The molecule has 1 aromatic rings. The number of amides is 2. The number of anilines is 1. The van der Waals surface area contributed by atoms with Crippen LogP contribution in [0.1, 0.15) is 11.8 Å². The van der Waals surface area contributed by atoms with Crippen LogP contribution >= 0.6 is 34.9 Å². The maximum Gasteiger partial charge on any atom is 0.352 e. The zero-order chi connectivity index (χ0) is 19.0. The molecule has 3 heterocycles. The van der Waals surface area contributed by atoms with Gasteiger partial charge in [0.05, 0.1) is 5.69 Å². The molecule has 2 amide bonds. The molecule has 1 aromatic heterocycles. The summed E-state index contributed by atoms with van der Waals surface area (Å²) in [5, 5.41) is 23.2. The van der Waals surface area contributed by atoms with Gasteiger partial charge in [-0.25, -0.2) is 9.78 Å². The average molecular weight is 417 g/mol. The monoisotopic (exact) mass is 416 g/mol. The number of nitrogens with zero attached hydrogens (tertiary/aromatic N) is 2. The first kappa shape index (κ1) is 19.0. The van der Waals surface area contributed by atoms with E-state index in [4.69, 9.17) is 5.73 Å². The molecule has 2 unspecified atom stereocenters. The van der Waals surface area contributed by atoms with E-state index in [1.54, 1.807) is 0 Å². The number of carbonyl (C=O) groups is 3. The van der Waals surface area contributed by atoms with Crippen LogP contribution in [0.4, 0.5) is 5.13 Å². The highest BCUT2D eigenvalue weighted by atomic mass is 32.2. The summed E-state index contributed by atoms with van der Waals surface area (Å²) in [6, 6.07) is -0.886. The molecule has 0 radical (unpaired) electrons. The molecule has 1 fully saturated rings. The van der Waals surface area contributed by atoms with E-state index < -0.39 is 35.3 Å². The number of aliphatic hydroxyl groups excluding tert-OH is 1. The molecule has 5 N–H and O–H groups in total. The smallest absolute Gasteiger partial charge is 0.352 e. The molecule has 3 atom stereocenters. The Hall–Kier alpha value is -1.76. The van der Waals surface area contributed by atoms with E-state index in [0.717, 1.165) is 11.3 Å². The number of aromatic nitrogens is 1. The molecule has 3 rings (SSSR count). The summed E-state index contributed by atoms with van der Waals surface area (Å²) < 4.78 is 0. The highest BCUT2D eigenvalue weighted by molar-refractivity contribution is 8.00. The minimum atomic E-state index is -1.54. The molecule has 140 valence electrons. The number of nitrogen functional groups attached to an aromatic ring is 1. The number of nitrogens with one attached hydrogen (secondary N) is 1. The van der Waals surface area contributed by atoms with Gasteiger partial charge in [-0.05, 0) is 11.8 Å². The molecule has 0 saturated carbocycles. The van der Waals surface area contributed by atoms with Gasteiger partial charge in [-0.1, -0.05) is 0 Å². The Morgan fingerprint density at radius 1 is 1.58 bits per heavy atom. The van der Waals surface area contributed by atoms with Crippen LogP contribution in [0.3, 0.4) is 0 Å². The number of hydrogen-bond acceptors (Lipinski definition) is 9. The van der Waals surface area contributed by atoms with Crippen LogP contribution in [0.2, 0.25) is 0 Å². The lowest BCUT2D eigenvalue weighted by molar-refractivity contribution is -0.151. The molecular weight excluding hydrogens is 400 g/mol. The van der Waals surface area contributed by atoms with Gasteiger partial charge in [-0.15, -0.1) is 23.1 Å². The Labute approximate surface area is 161 Å². The molecule has 0 bridgehead atoms. The largest absolute Gasteiger partial charge is 0.477 e. The highest BCUT2D eigenvalue weighted by Crippen LogP contribution is 2.41. The Morgan fingerprint density at radius 2 is 2.31 bits per heavy atom. The van der Waals surface area contributed by atoms with Crippen LogP contribution in [0.15, 0.2) is 16.7 Å². The summed E-state index contributed by atoms with van der Waals surface area (Å²) in [5.74, 6) is -1.45. The van der Waals surface area contributed by atoms with E-state index in [-0.39, 0.29) is 16.5 Å². The third-order valence-electron chi connectivity index (χ3n) is 3.93. The third-order valence-corrected chi connectivity index (χ3v) is 6.60. The Kier molecular flexibility index (Phi) is 5.46. The normalized spacial score (nSPS) is 23.3. The number of aliphatic carboxylic acids is 1. The van der Waals surface area contributed by atoms with Gasteiger partial charge in [0.2, 0.25) is 0 Å². The van der Waals surface area contributed by atoms with Crippen LogP contribution in [-0.2, 0) is 14.4 Å². The van der Waals surface area contributed by atoms with Crippen molar-refractivity contribution in [1.29, 1.82) is 0 Å². The molecule has 0 aliphatic carbocycles. The highest BCUT2D eigenvalue weighted by Gasteiger charge is 2.54. The number of carboxylic acids is 1. The number of fused-ring (bicyclic) bond motifs is 1. The van der Waals surface area contributed by atoms with Crippen molar-refractivity contribution in [3.63, 3.8) is 0 Å². The fourth-order valence-corrected chi connectivity index (χ4v) is 5.41. The summed E-state index contributed by atoms with van der Waals surface area (Å²) in [6.45, 7) is 0. The van der Waals surface area contributed by atoms with Crippen molar-refractivity contribution in [3.8, 4) is 0 Å². The molecule has 12 heteroatoms. The number of rotatable bonds is 6. The Bertz CT molecular complexity index is 795. The van der Waals surface area contributed by atoms with Gasteiger partial charge in [0.25, 0.3) is 11.8 Å². The van der Waals surface area contributed by atoms with E-state index >= 15 is 0 Å². The second-order valence-corrected chi connectivity index (χ2v) is 8.46. The minimum absolute atomic E-state index is 0.00794. The average Bonchev–Trinajstić information content (AvgIpc) is 3.04. The van der Waals surface area contributed by atoms with Crippen molar-refractivity contribution in [3.05, 3.63) is 22.3 Å². The molecule has 2 aliphatic rings. The molecule has 0 aromatic carbocycles. The fraction of sp³-hybridized carbons (Fsp3) is 0.429. The van der Waals surface area contributed by atoms with Crippen molar-refractivity contribution in [2.45, 2.75) is 17.5 Å². The number of β-lactam (4-membered cyclic amide) rings is 1. The van der Waals surface area contributed by atoms with Crippen LogP contribution in [-0.4, -0.2) is 67.1 Å². The van der Waals surface area contributed by atoms with Crippen molar-refractivity contribution in [1.82, 2.24) is 15.2 Å². The number of carboxylic acid groups (broad SMARTS) is 1. The van der Waals surface area contributed by atoms with Crippen LogP contribution in [0.25, 0.3) is 0 Å². The van der Waals surface area contributed by atoms with Gasteiger partial charge >= 0.3 is 5.97 Å².